The van der Waals surface area contributed by atoms with Gasteiger partial charge in [-0.2, -0.15) is 0 Å². The molecule has 152 valence electrons. The number of thioether (sulfide) groups is 1. The van der Waals surface area contributed by atoms with Crippen molar-refractivity contribution in [3.05, 3.63) is 90.1 Å². The van der Waals surface area contributed by atoms with Gasteiger partial charge in [-0.1, -0.05) is 54.2 Å². The van der Waals surface area contributed by atoms with Crippen LogP contribution in [0.25, 0.3) is 11.4 Å². The van der Waals surface area contributed by atoms with Crippen LogP contribution < -0.4 is 5.32 Å². The quantitative estimate of drug-likeness (QED) is 0.432. The predicted molar refractivity (Wildman–Crippen MR) is 112 cm³/mol. The van der Waals surface area contributed by atoms with Gasteiger partial charge in [0, 0.05) is 0 Å². The Labute approximate surface area is 177 Å². The first kappa shape index (κ1) is 19.9. The number of furan rings is 1. The molecule has 0 radical (unpaired) electrons. The molecule has 2 heterocycles. The van der Waals surface area contributed by atoms with Gasteiger partial charge < -0.3 is 9.73 Å². The molecule has 0 saturated heterocycles. The van der Waals surface area contributed by atoms with E-state index in [9.17, 15) is 9.18 Å². The molecule has 6 nitrogen and oxygen atoms in total. The fourth-order valence-electron chi connectivity index (χ4n) is 2.93. The summed E-state index contributed by atoms with van der Waals surface area (Å²) in [5.41, 5.74) is 1.40. The second-order valence-electron chi connectivity index (χ2n) is 6.50. The lowest BCUT2D eigenvalue weighted by Crippen LogP contribution is -2.24. The third-order valence-corrected chi connectivity index (χ3v) is 5.35. The molecule has 0 aliphatic heterocycles. The van der Waals surface area contributed by atoms with Crippen molar-refractivity contribution in [1.82, 2.24) is 20.1 Å². The van der Waals surface area contributed by atoms with Gasteiger partial charge in [-0.3, -0.25) is 9.36 Å². The highest BCUT2D eigenvalue weighted by atomic mass is 32.2. The summed E-state index contributed by atoms with van der Waals surface area (Å²) >= 11 is 1.26. The zero-order chi connectivity index (χ0) is 20.8. The molecule has 0 spiro atoms. The van der Waals surface area contributed by atoms with Gasteiger partial charge in [0.1, 0.15) is 11.6 Å². The van der Waals surface area contributed by atoms with E-state index >= 15 is 0 Å². The average molecular weight is 422 g/mol. The summed E-state index contributed by atoms with van der Waals surface area (Å²) in [6, 6.07) is 19.8. The number of nitrogens with one attached hydrogen (secondary N) is 1. The lowest BCUT2D eigenvalue weighted by atomic mass is 10.2. The summed E-state index contributed by atoms with van der Waals surface area (Å²) in [7, 11) is 0. The number of hydrogen-bond acceptors (Lipinski definition) is 5. The summed E-state index contributed by atoms with van der Waals surface area (Å²) in [5.74, 6) is 0.744. The molecule has 1 amide bonds. The van der Waals surface area contributed by atoms with Crippen LogP contribution >= 0.6 is 11.8 Å². The van der Waals surface area contributed by atoms with Gasteiger partial charge in [0.25, 0.3) is 0 Å². The number of nitrogens with zero attached hydrogens (tertiary/aromatic N) is 3. The van der Waals surface area contributed by atoms with Crippen molar-refractivity contribution in [2.75, 3.05) is 5.75 Å². The van der Waals surface area contributed by atoms with Gasteiger partial charge in [-0.05, 0) is 29.8 Å². The van der Waals surface area contributed by atoms with Crippen LogP contribution in [-0.4, -0.2) is 26.4 Å². The Balaban J connectivity index is 1.53. The first-order chi connectivity index (χ1) is 14.7. The van der Waals surface area contributed by atoms with Crippen LogP contribution in [0.5, 0.6) is 0 Å². The standard InChI is InChI=1S/C22H19FN4O2S/c23-19-11-5-4-10-18(19)21-25-26-22(27(21)14-16-7-2-1-3-8-16)30-15-20(28)24-13-17-9-6-12-29-17/h1-12H,13-15H2,(H,24,28). The van der Waals surface area contributed by atoms with Gasteiger partial charge in [0.05, 0.1) is 30.7 Å². The number of hydrogen-bond donors (Lipinski definition) is 1. The number of carbonyl (C=O) groups is 1. The van der Waals surface area contributed by atoms with Crippen LogP contribution in [-0.2, 0) is 17.9 Å². The first-order valence-electron chi connectivity index (χ1n) is 9.34. The molecule has 8 heteroatoms. The zero-order valence-corrected chi connectivity index (χ0v) is 16.8. The van der Waals surface area contributed by atoms with Crippen LogP contribution in [0, 0.1) is 5.82 Å². The van der Waals surface area contributed by atoms with Crippen molar-refractivity contribution in [3.63, 3.8) is 0 Å². The van der Waals surface area contributed by atoms with Crippen LogP contribution in [0.15, 0.2) is 82.6 Å². The summed E-state index contributed by atoms with van der Waals surface area (Å²) < 4.78 is 21.4. The highest BCUT2D eigenvalue weighted by Gasteiger charge is 2.18. The van der Waals surface area contributed by atoms with Crippen molar-refractivity contribution < 1.29 is 13.6 Å². The number of carbonyl (C=O) groups excluding carboxylic acids is 1. The normalized spacial score (nSPS) is 10.8. The SMILES string of the molecule is O=C(CSc1nnc(-c2ccccc2F)n1Cc1ccccc1)NCc1ccco1. The maximum atomic E-state index is 14.4. The minimum Gasteiger partial charge on any atom is -0.467 e. The molecule has 1 N–H and O–H groups in total. The number of aromatic nitrogens is 3. The van der Waals surface area contributed by atoms with Crippen molar-refractivity contribution in [3.8, 4) is 11.4 Å². The summed E-state index contributed by atoms with van der Waals surface area (Å²) in [6.07, 6.45) is 1.56. The fourth-order valence-corrected chi connectivity index (χ4v) is 3.69. The minimum atomic E-state index is -0.369. The van der Waals surface area contributed by atoms with Crippen molar-refractivity contribution in [2.24, 2.45) is 0 Å². The van der Waals surface area contributed by atoms with E-state index in [1.54, 1.807) is 36.6 Å². The number of rotatable bonds is 8. The largest absolute Gasteiger partial charge is 0.467 e. The van der Waals surface area contributed by atoms with Crippen LogP contribution in [0.4, 0.5) is 4.39 Å². The molecule has 4 rings (SSSR count). The Morgan fingerprint density at radius 2 is 1.83 bits per heavy atom. The third-order valence-electron chi connectivity index (χ3n) is 4.39. The number of amides is 1. The van der Waals surface area contributed by atoms with E-state index < -0.39 is 0 Å². The molecule has 0 aliphatic rings. The van der Waals surface area contributed by atoms with Crippen molar-refractivity contribution >= 4 is 17.7 Å². The van der Waals surface area contributed by atoms with Gasteiger partial charge in [-0.25, -0.2) is 4.39 Å². The maximum absolute atomic E-state index is 14.4. The molecule has 0 atom stereocenters. The molecule has 30 heavy (non-hydrogen) atoms. The van der Waals surface area contributed by atoms with Crippen LogP contribution in [0.1, 0.15) is 11.3 Å². The summed E-state index contributed by atoms with van der Waals surface area (Å²) in [5, 5.41) is 11.8. The zero-order valence-electron chi connectivity index (χ0n) is 16.0. The Morgan fingerprint density at radius 3 is 2.60 bits per heavy atom. The van der Waals surface area contributed by atoms with E-state index in [2.05, 4.69) is 15.5 Å². The first-order valence-corrected chi connectivity index (χ1v) is 10.3. The van der Waals surface area contributed by atoms with Crippen LogP contribution in [0.2, 0.25) is 0 Å². The highest BCUT2D eigenvalue weighted by molar-refractivity contribution is 7.99. The summed E-state index contributed by atoms with van der Waals surface area (Å²) in [4.78, 5) is 12.2. The second kappa shape index (κ2) is 9.41. The Hall–Kier alpha value is -3.39. The average Bonchev–Trinajstić information content (AvgIpc) is 3.42. The Morgan fingerprint density at radius 1 is 1.03 bits per heavy atom. The van der Waals surface area contributed by atoms with E-state index in [0.29, 0.717) is 35.4 Å². The topological polar surface area (TPSA) is 73.0 Å². The van der Waals surface area contributed by atoms with Gasteiger partial charge in [-0.15, -0.1) is 10.2 Å². The third kappa shape index (κ3) is 4.77. The molecule has 0 fully saturated rings. The van der Waals surface area contributed by atoms with Crippen LogP contribution in [0.3, 0.4) is 0 Å². The molecule has 0 aliphatic carbocycles. The molecule has 0 unspecified atom stereocenters. The lowest BCUT2D eigenvalue weighted by molar-refractivity contribution is -0.118. The fraction of sp³-hybridized carbons (Fsp3) is 0.136. The highest BCUT2D eigenvalue weighted by Crippen LogP contribution is 2.27. The predicted octanol–water partition coefficient (Wildman–Crippen LogP) is 4.13. The maximum Gasteiger partial charge on any atom is 0.230 e. The number of halogens is 1. The molecule has 0 saturated carbocycles. The molecule has 2 aromatic heterocycles. The molecular formula is C22H19FN4O2S. The number of benzene rings is 2. The Bertz CT molecular complexity index is 1110. The van der Waals surface area contributed by atoms with E-state index in [-0.39, 0.29) is 17.5 Å². The molecule has 4 aromatic rings. The van der Waals surface area contributed by atoms with Gasteiger partial charge >= 0.3 is 0 Å². The smallest absolute Gasteiger partial charge is 0.230 e. The molecule has 2 aromatic carbocycles. The van der Waals surface area contributed by atoms with Crippen molar-refractivity contribution in [1.29, 1.82) is 0 Å². The lowest BCUT2D eigenvalue weighted by Gasteiger charge is -2.11. The van der Waals surface area contributed by atoms with Crippen molar-refractivity contribution in [2.45, 2.75) is 18.2 Å². The molecule has 0 bridgehead atoms. The minimum absolute atomic E-state index is 0.155. The van der Waals surface area contributed by atoms with Gasteiger partial charge in [0.2, 0.25) is 5.91 Å². The van der Waals surface area contributed by atoms with Gasteiger partial charge in [0.15, 0.2) is 11.0 Å². The van der Waals surface area contributed by atoms with E-state index in [1.165, 1.54) is 17.8 Å². The Kier molecular flexibility index (Phi) is 6.24. The van der Waals surface area contributed by atoms with E-state index in [4.69, 9.17) is 4.42 Å². The second-order valence-corrected chi connectivity index (χ2v) is 7.45. The van der Waals surface area contributed by atoms with E-state index in [1.807, 2.05) is 34.9 Å². The monoisotopic (exact) mass is 422 g/mol. The molecular weight excluding hydrogens is 403 g/mol. The summed E-state index contributed by atoms with van der Waals surface area (Å²) in [6.45, 7) is 0.789. The van der Waals surface area contributed by atoms with E-state index in [0.717, 1.165) is 5.56 Å².